The van der Waals surface area contributed by atoms with Crippen LogP contribution >= 0.6 is 11.6 Å². The average Bonchev–Trinajstić information content (AvgIpc) is 2.57. The van der Waals surface area contributed by atoms with Gasteiger partial charge in [0.2, 0.25) is 11.8 Å². The number of carbonyl (C=O) groups is 2. The third-order valence-electron chi connectivity index (χ3n) is 3.27. The van der Waals surface area contributed by atoms with E-state index < -0.39 is 43.9 Å². The summed E-state index contributed by atoms with van der Waals surface area (Å²) in [7, 11) is -4.11. The highest BCUT2D eigenvalue weighted by atomic mass is 35.5. The third kappa shape index (κ3) is 6.28. The van der Waals surface area contributed by atoms with Crippen LogP contribution in [-0.4, -0.2) is 36.7 Å². The molecule has 0 aliphatic heterocycles. The van der Waals surface area contributed by atoms with E-state index in [9.17, 15) is 32.5 Å². The number of benzene rings is 2. The molecule has 0 unspecified atom stereocenters. The van der Waals surface area contributed by atoms with Crippen molar-refractivity contribution in [2.24, 2.45) is 0 Å². The van der Waals surface area contributed by atoms with Crippen molar-refractivity contribution in [3.05, 3.63) is 63.4 Å². The molecule has 2 N–H and O–H groups in total. The second-order valence-corrected chi connectivity index (χ2v) is 8.03. The van der Waals surface area contributed by atoms with Crippen molar-refractivity contribution in [1.29, 1.82) is 0 Å². The maximum Gasteiger partial charge on any atom is 0.271 e. The van der Waals surface area contributed by atoms with E-state index in [1.165, 1.54) is 12.1 Å². The van der Waals surface area contributed by atoms with E-state index in [0.29, 0.717) is 0 Å². The van der Waals surface area contributed by atoms with Gasteiger partial charge in [-0.1, -0.05) is 11.6 Å². The number of carbonyl (C=O) groups excluding carboxylic acids is 2. The predicted molar refractivity (Wildman–Crippen MR) is 100 cm³/mol. The number of amides is 2. The summed E-state index contributed by atoms with van der Waals surface area (Å²) in [5.74, 6) is -4.35. The van der Waals surface area contributed by atoms with E-state index in [-0.39, 0.29) is 22.1 Å². The number of nitrogens with one attached hydrogen (secondary N) is 2. The lowest BCUT2D eigenvalue weighted by atomic mass is 10.3. The highest BCUT2D eigenvalue weighted by Crippen LogP contribution is 2.26. The van der Waals surface area contributed by atoms with Crippen LogP contribution in [0.15, 0.2) is 42.5 Å². The van der Waals surface area contributed by atoms with Gasteiger partial charge in [0.15, 0.2) is 9.84 Å². The number of sulfone groups is 1. The highest BCUT2D eigenvalue weighted by Gasteiger charge is 2.22. The summed E-state index contributed by atoms with van der Waals surface area (Å²) in [4.78, 5) is 33.7. The number of non-ortho nitro benzene ring substituents is 1. The summed E-state index contributed by atoms with van der Waals surface area (Å²) < 4.78 is 36.8. The maximum atomic E-state index is 12.8. The van der Waals surface area contributed by atoms with Crippen LogP contribution in [0.1, 0.15) is 0 Å². The molecule has 0 bridgehead atoms. The van der Waals surface area contributed by atoms with Crippen LogP contribution < -0.4 is 10.6 Å². The van der Waals surface area contributed by atoms with Crippen LogP contribution in [0.5, 0.6) is 0 Å². The van der Waals surface area contributed by atoms with Gasteiger partial charge < -0.3 is 10.6 Å². The normalized spacial score (nSPS) is 10.9. The smallest absolute Gasteiger partial charge is 0.271 e. The molecule has 2 amide bonds. The monoisotopic (exact) mass is 429 g/mol. The van der Waals surface area contributed by atoms with Crippen molar-refractivity contribution >= 4 is 50.3 Å². The molecule has 2 aromatic carbocycles. The van der Waals surface area contributed by atoms with Gasteiger partial charge in [0, 0.05) is 17.8 Å². The third-order valence-corrected chi connectivity index (χ3v) is 4.98. The first-order valence-electron chi connectivity index (χ1n) is 7.55. The second kappa shape index (κ2) is 8.76. The molecule has 0 aliphatic carbocycles. The summed E-state index contributed by atoms with van der Waals surface area (Å²) in [6, 6.07) is 7.93. The van der Waals surface area contributed by atoms with Gasteiger partial charge in [-0.25, -0.2) is 12.8 Å². The molecule has 12 heteroatoms. The van der Waals surface area contributed by atoms with E-state index in [2.05, 4.69) is 10.6 Å². The molecule has 0 fully saturated rings. The van der Waals surface area contributed by atoms with E-state index >= 15 is 0 Å². The zero-order valence-corrected chi connectivity index (χ0v) is 15.6. The van der Waals surface area contributed by atoms with Gasteiger partial charge in [-0.3, -0.25) is 19.7 Å². The molecule has 0 atom stereocenters. The molecule has 148 valence electrons. The number of rotatable bonds is 7. The molecule has 9 nitrogen and oxygen atoms in total. The zero-order valence-electron chi connectivity index (χ0n) is 14.0. The lowest BCUT2D eigenvalue weighted by molar-refractivity contribution is -0.384. The van der Waals surface area contributed by atoms with Gasteiger partial charge in [0.25, 0.3) is 5.69 Å². The number of nitro groups is 1. The van der Waals surface area contributed by atoms with Crippen LogP contribution in [0.2, 0.25) is 5.02 Å². The van der Waals surface area contributed by atoms with Crippen LogP contribution in [-0.2, 0) is 19.4 Å². The molecular formula is C16H13ClFN3O6S. The summed E-state index contributed by atoms with van der Waals surface area (Å²) in [6.07, 6.45) is 0. The zero-order chi connectivity index (χ0) is 20.9. The molecular weight excluding hydrogens is 417 g/mol. The second-order valence-electron chi connectivity index (χ2n) is 5.56. The van der Waals surface area contributed by atoms with Gasteiger partial charge in [-0.15, -0.1) is 0 Å². The number of hydrogen-bond acceptors (Lipinski definition) is 6. The standard InChI is InChI=1S/C16H13ClFN3O6S/c17-13-7-12(21(24)25)5-6-14(13)20-16(23)9-28(26,27)8-15(22)19-11-3-1-10(18)2-4-11/h1-7H,8-9H2,(H,19,22)(H,20,23). The number of nitro benzene ring substituents is 1. The Balaban J connectivity index is 1.95. The minimum Gasteiger partial charge on any atom is -0.325 e. The van der Waals surface area contributed by atoms with Crippen molar-refractivity contribution in [3.8, 4) is 0 Å². The number of nitrogens with zero attached hydrogens (tertiary/aromatic N) is 1. The maximum absolute atomic E-state index is 12.8. The number of halogens is 2. The van der Waals surface area contributed by atoms with Gasteiger partial charge in [-0.2, -0.15) is 0 Å². The molecule has 0 spiro atoms. The molecule has 0 saturated carbocycles. The topological polar surface area (TPSA) is 135 Å². The summed E-state index contributed by atoms with van der Waals surface area (Å²) in [5, 5.41) is 15.0. The first-order valence-corrected chi connectivity index (χ1v) is 9.75. The van der Waals surface area contributed by atoms with Gasteiger partial charge in [0.1, 0.15) is 17.3 Å². The largest absolute Gasteiger partial charge is 0.325 e. The first kappa shape index (κ1) is 21.3. The van der Waals surface area contributed by atoms with Crippen molar-refractivity contribution in [2.75, 3.05) is 22.1 Å². The fourth-order valence-corrected chi connectivity index (χ4v) is 3.35. The quantitative estimate of drug-likeness (QED) is 0.512. The lowest BCUT2D eigenvalue weighted by Crippen LogP contribution is -2.30. The molecule has 0 aliphatic rings. The molecule has 2 rings (SSSR count). The van der Waals surface area contributed by atoms with E-state index in [1.54, 1.807) is 0 Å². The number of hydrogen-bond donors (Lipinski definition) is 2. The fraction of sp³-hybridized carbons (Fsp3) is 0.125. The van der Waals surface area contributed by atoms with E-state index in [4.69, 9.17) is 11.6 Å². The Morgan fingerprint density at radius 2 is 1.61 bits per heavy atom. The molecule has 2 aromatic rings. The summed E-state index contributed by atoms with van der Waals surface area (Å²) >= 11 is 5.82. The molecule has 0 heterocycles. The van der Waals surface area contributed by atoms with Gasteiger partial charge >= 0.3 is 0 Å². The molecule has 0 radical (unpaired) electrons. The van der Waals surface area contributed by atoms with Crippen LogP contribution in [0.3, 0.4) is 0 Å². The fourth-order valence-electron chi connectivity index (χ4n) is 2.09. The van der Waals surface area contributed by atoms with Crippen molar-refractivity contribution in [3.63, 3.8) is 0 Å². The number of anilines is 2. The Bertz CT molecular complexity index is 1030. The predicted octanol–water partition coefficient (Wildman–Crippen LogP) is 2.38. The van der Waals surface area contributed by atoms with Crippen molar-refractivity contribution < 1.29 is 27.3 Å². The Morgan fingerprint density at radius 1 is 1.04 bits per heavy atom. The summed E-state index contributed by atoms with van der Waals surface area (Å²) in [6.45, 7) is 0. The SMILES string of the molecule is O=C(CS(=O)(=O)CC(=O)Nc1ccc([N+](=O)[O-])cc1Cl)Nc1ccc(F)cc1. The minimum absolute atomic E-state index is 0.0109. The van der Waals surface area contributed by atoms with E-state index in [1.807, 2.05) is 0 Å². The van der Waals surface area contributed by atoms with Crippen LogP contribution in [0.25, 0.3) is 0 Å². The summed E-state index contributed by atoms with van der Waals surface area (Å²) in [5.41, 5.74) is -0.111. The van der Waals surface area contributed by atoms with Gasteiger partial charge in [0.05, 0.1) is 15.6 Å². The Kier molecular flexibility index (Phi) is 6.65. The highest BCUT2D eigenvalue weighted by molar-refractivity contribution is 7.92. The average molecular weight is 430 g/mol. The van der Waals surface area contributed by atoms with Crippen molar-refractivity contribution in [2.45, 2.75) is 0 Å². The van der Waals surface area contributed by atoms with Crippen molar-refractivity contribution in [1.82, 2.24) is 0 Å². The molecule has 28 heavy (non-hydrogen) atoms. The minimum atomic E-state index is -4.11. The Labute approximate surface area is 163 Å². The Hall–Kier alpha value is -3.05. The van der Waals surface area contributed by atoms with Crippen LogP contribution in [0.4, 0.5) is 21.5 Å². The Morgan fingerprint density at radius 3 is 2.14 bits per heavy atom. The first-order chi connectivity index (χ1) is 13.1. The lowest BCUT2D eigenvalue weighted by Gasteiger charge is -2.08. The molecule has 0 saturated heterocycles. The van der Waals surface area contributed by atoms with Gasteiger partial charge in [-0.05, 0) is 30.3 Å². The van der Waals surface area contributed by atoms with E-state index in [0.717, 1.165) is 30.3 Å². The molecule has 0 aromatic heterocycles. The van der Waals surface area contributed by atoms with Crippen LogP contribution in [0, 0.1) is 15.9 Å².